The van der Waals surface area contributed by atoms with Crippen LogP contribution in [0, 0.1) is 33.6 Å². The molecule has 4 aromatic carbocycles. The number of nitrogens with zero attached hydrogens (tertiary/aromatic N) is 3. The first-order valence-electron chi connectivity index (χ1n) is 21.2. The number of aliphatic carboxylic acids is 1. The molecule has 2 N–H and O–H groups in total. The maximum atomic E-state index is 14.3. The van der Waals surface area contributed by atoms with E-state index in [1.165, 1.54) is 4.90 Å². The van der Waals surface area contributed by atoms with Crippen molar-refractivity contribution < 1.29 is 38.1 Å². The number of carbonyl (C=O) groups is 3. The molecule has 1 aliphatic carbocycles. The number of carboxylic acid groups (broad SMARTS) is 1. The van der Waals surface area contributed by atoms with Crippen molar-refractivity contribution in [3.05, 3.63) is 159 Å². The van der Waals surface area contributed by atoms with Crippen molar-refractivity contribution >= 4 is 29.4 Å². The number of nitrogens with one attached hydrogen (secondary N) is 1. The first-order valence-corrected chi connectivity index (χ1v) is 21.5. The van der Waals surface area contributed by atoms with Gasteiger partial charge in [-0.1, -0.05) is 60.1 Å². The van der Waals surface area contributed by atoms with Crippen LogP contribution in [0.5, 0.6) is 17.2 Å². The molecule has 1 saturated carbocycles. The van der Waals surface area contributed by atoms with E-state index in [0.717, 1.165) is 68.8 Å². The molecule has 13 heteroatoms. The molecule has 2 unspecified atom stereocenters. The molecule has 1 fully saturated rings. The minimum absolute atomic E-state index is 0.0355. The normalized spacial score (nSPS) is 17.6. The van der Waals surface area contributed by atoms with Crippen molar-refractivity contribution in [1.29, 1.82) is 0 Å². The lowest BCUT2D eigenvalue weighted by molar-refractivity contribution is -0.142. The standard InChI is InChI=1S/C50H47ClN4O8/c1-27-28(2)52-20-19-40(27)32-7-5-31(6-8-32)21-41(50(58)59)54-48(56)42-22-36-23-43-44(24-37(36)25-55(42)49(57)46-29(3)61-30(4)53-46)63-45(26-60-43)33-13-17-39(18-14-33)62-47(34-9-10-34)35-11-15-38(51)16-12-35/h5-8,11-20,23-24,34,41-42,45,47H,9-10,21-22,25-26H2,1-4H3,(H,54,56)(H,58,59)/t41?,42-,45+,47?/m0/s1. The SMILES string of the molecule is Cc1nc(C(=O)N2Cc3cc4c(cc3C[C@H]2C(=O)NC(Cc2ccc(-c3ccnc(C)c3C)cc2)C(=O)O)OC[C@H](c2ccc(OC(c3ccc(Cl)cc3)C3CC3)cc2)O4)c(C)o1. The van der Waals surface area contributed by atoms with Crippen LogP contribution in [0.25, 0.3) is 11.1 Å². The van der Waals surface area contributed by atoms with Crippen LogP contribution in [0.2, 0.25) is 5.02 Å². The van der Waals surface area contributed by atoms with E-state index in [2.05, 4.69) is 15.3 Å². The molecule has 2 aliphatic heterocycles. The maximum absolute atomic E-state index is 14.3. The van der Waals surface area contributed by atoms with Crippen molar-refractivity contribution in [2.45, 2.75) is 84.2 Å². The van der Waals surface area contributed by atoms with E-state index in [4.69, 9.17) is 30.2 Å². The Kier molecular flexibility index (Phi) is 11.4. The summed E-state index contributed by atoms with van der Waals surface area (Å²) in [6, 6.07) is 26.6. The van der Waals surface area contributed by atoms with Crippen LogP contribution >= 0.6 is 11.6 Å². The number of amides is 2. The van der Waals surface area contributed by atoms with Crippen LogP contribution in [0.15, 0.2) is 102 Å². The van der Waals surface area contributed by atoms with E-state index in [1.54, 1.807) is 20.0 Å². The third-order valence-electron chi connectivity index (χ3n) is 12.3. The first-order chi connectivity index (χ1) is 30.4. The number of hydrogen-bond donors (Lipinski definition) is 2. The third-order valence-corrected chi connectivity index (χ3v) is 12.5. The summed E-state index contributed by atoms with van der Waals surface area (Å²) >= 11 is 6.14. The molecule has 4 atom stereocenters. The number of pyridine rings is 1. The van der Waals surface area contributed by atoms with Gasteiger partial charge in [0.25, 0.3) is 5.91 Å². The number of carbonyl (C=O) groups excluding carboxylic acids is 2. The molecule has 322 valence electrons. The van der Waals surface area contributed by atoms with Crippen molar-refractivity contribution in [3.8, 4) is 28.4 Å². The fraction of sp³-hybridized carbons (Fsp3) is 0.300. The predicted molar refractivity (Wildman–Crippen MR) is 235 cm³/mol. The van der Waals surface area contributed by atoms with Crippen LogP contribution in [0.1, 0.15) is 86.3 Å². The van der Waals surface area contributed by atoms with Crippen molar-refractivity contribution in [2.24, 2.45) is 5.92 Å². The first kappa shape index (κ1) is 41.7. The van der Waals surface area contributed by atoms with Gasteiger partial charge in [0.05, 0.1) is 0 Å². The average molecular weight is 867 g/mol. The highest BCUT2D eigenvalue weighted by Gasteiger charge is 2.40. The number of aromatic nitrogens is 2. The fourth-order valence-corrected chi connectivity index (χ4v) is 8.63. The predicted octanol–water partition coefficient (Wildman–Crippen LogP) is 9.05. The van der Waals surface area contributed by atoms with Gasteiger partial charge in [-0.3, -0.25) is 14.6 Å². The zero-order chi connectivity index (χ0) is 43.9. The zero-order valence-electron chi connectivity index (χ0n) is 35.4. The number of hydrogen-bond acceptors (Lipinski definition) is 9. The number of rotatable bonds is 12. The Morgan fingerprint density at radius 3 is 2.33 bits per heavy atom. The second-order valence-electron chi connectivity index (χ2n) is 16.6. The number of oxazole rings is 1. The van der Waals surface area contributed by atoms with Gasteiger partial charge in [0, 0.05) is 49.1 Å². The second-order valence-corrected chi connectivity index (χ2v) is 17.1. The van der Waals surface area contributed by atoms with E-state index >= 15 is 0 Å². The van der Waals surface area contributed by atoms with Crippen molar-refractivity contribution in [2.75, 3.05) is 6.61 Å². The Morgan fingerprint density at radius 1 is 0.921 bits per heavy atom. The summed E-state index contributed by atoms with van der Waals surface area (Å²) in [7, 11) is 0. The van der Waals surface area contributed by atoms with E-state index in [1.807, 2.05) is 105 Å². The topological polar surface area (TPSA) is 153 Å². The summed E-state index contributed by atoms with van der Waals surface area (Å²) in [5.41, 5.74) is 8.39. The molecule has 2 aromatic heterocycles. The van der Waals surface area contributed by atoms with Crippen LogP contribution in [0.3, 0.4) is 0 Å². The summed E-state index contributed by atoms with van der Waals surface area (Å²) in [5, 5.41) is 13.8. The van der Waals surface area contributed by atoms with Gasteiger partial charge in [-0.2, -0.15) is 0 Å². The van der Waals surface area contributed by atoms with Gasteiger partial charge in [0.1, 0.15) is 36.3 Å². The van der Waals surface area contributed by atoms with Gasteiger partial charge < -0.3 is 34.0 Å². The fourth-order valence-electron chi connectivity index (χ4n) is 8.50. The lowest BCUT2D eigenvalue weighted by Gasteiger charge is -2.37. The number of benzene rings is 4. The van der Waals surface area contributed by atoms with E-state index in [-0.39, 0.29) is 37.8 Å². The number of ether oxygens (including phenoxy) is 3. The highest BCUT2D eigenvalue weighted by atomic mass is 35.5. The lowest BCUT2D eigenvalue weighted by atomic mass is 9.91. The number of carboxylic acids is 1. The van der Waals surface area contributed by atoms with E-state index in [9.17, 15) is 19.5 Å². The van der Waals surface area contributed by atoms with Crippen LogP contribution in [-0.2, 0) is 29.0 Å². The molecular weight excluding hydrogens is 820 g/mol. The quantitative estimate of drug-likeness (QED) is 0.122. The molecule has 0 bridgehead atoms. The van der Waals surface area contributed by atoms with Gasteiger partial charge >= 0.3 is 5.97 Å². The van der Waals surface area contributed by atoms with Crippen LogP contribution < -0.4 is 19.5 Å². The molecular formula is C50H47ClN4O8. The van der Waals surface area contributed by atoms with Crippen LogP contribution in [-0.4, -0.2) is 56.4 Å². The summed E-state index contributed by atoms with van der Waals surface area (Å²) in [4.78, 5) is 51.3. The van der Waals surface area contributed by atoms with E-state index in [0.29, 0.717) is 34.1 Å². The Morgan fingerprint density at radius 2 is 1.65 bits per heavy atom. The lowest BCUT2D eigenvalue weighted by Crippen LogP contribution is -2.56. The molecule has 2 amide bonds. The monoisotopic (exact) mass is 866 g/mol. The average Bonchev–Trinajstić information content (AvgIpc) is 4.07. The third kappa shape index (κ3) is 8.86. The number of aryl methyl sites for hydroxylation is 3. The zero-order valence-corrected chi connectivity index (χ0v) is 36.1. The highest BCUT2D eigenvalue weighted by Crippen LogP contribution is 2.45. The van der Waals surface area contributed by atoms with E-state index < -0.39 is 36.0 Å². The molecule has 4 heterocycles. The Balaban J connectivity index is 0.923. The van der Waals surface area contributed by atoms with Gasteiger partial charge in [-0.15, -0.1) is 0 Å². The minimum Gasteiger partial charge on any atom is -0.485 e. The Labute approximate surface area is 370 Å². The molecule has 63 heavy (non-hydrogen) atoms. The Hall–Kier alpha value is -6.66. The van der Waals surface area contributed by atoms with Gasteiger partial charge in [0.15, 0.2) is 29.2 Å². The number of halogens is 1. The maximum Gasteiger partial charge on any atom is 0.326 e. The molecule has 6 aromatic rings. The molecule has 9 rings (SSSR count). The van der Waals surface area contributed by atoms with Crippen LogP contribution in [0.4, 0.5) is 0 Å². The van der Waals surface area contributed by atoms with Crippen molar-refractivity contribution in [1.82, 2.24) is 20.2 Å². The highest BCUT2D eigenvalue weighted by molar-refractivity contribution is 6.30. The summed E-state index contributed by atoms with van der Waals surface area (Å²) in [5.74, 6) is 0.590. The summed E-state index contributed by atoms with van der Waals surface area (Å²) < 4.78 is 24.9. The minimum atomic E-state index is -1.26. The van der Waals surface area contributed by atoms with Crippen molar-refractivity contribution in [3.63, 3.8) is 0 Å². The summed E-state index contributed by atoms with van der Waals surface area (Å²) in [6.45, 7) is 7.56. The molecule has 12 nitrogen and oxygen atoms in total. The number of fused-ring (bicyclic) bond motifs is 2. The Bertz CT molecular complexity index is 2700. The molecule has 3 aliphatic rings. The smallest absolute Gasteiger partial charge is 0.326 e. The summed E-state index contributed by atoms with van der Waals surface area (Å²) in [6.07, 6.45) is 3.69. The largest absolute Gasteiger partial charge is 0.485 e. The van der Waals surface area contributed by atoms with Gasteiger partial charge in [0.2, 0.25) is 5.91 Å². The van der Waals surface area contributed by atoms with Gasteiger partial charge in [-0.25, -0.2) is 9.78 Å². The molecule has 0 spiro atoms. The van der Waals surface area contributed by atoms with Gasteiger partial charge in [-0.05, 0) is 121 Å². The molecule has 0 radical (unpaired) electrons. The molecule has 0 saturated heterocycles. The second kappa shape index (κ2) is 17.2.